The van der Waals surface area contributed by atoms with Crippen molar-refractivity contribution in [3.8, 4) is 0 Å². The summed E-state index contributed by atoms with van der Waals surface area (Å²) in [6.07, 6.45) is 1.78. The fourth-order valence-electron chi connectivity index (χ4n) is 2.54. The zero-order valence-electron chi connectivity index (χ0n) is 11.7. The summed E-state index contributed by atoms with van der Waals surface area (Å²) in [6.45, 7) is 6.86. The first kappa shape index (κ1) is 16.0. The molecule has 0 aromatic heterocycles. The van der Waals surface area contributed by atoms with Crippen molar-refractivity contribution < 1.29 is 4.79 Å². The summed E-state index contributed by atoms with van der Waals surface area (Å²) < 4.78 is 0. The number of hydrogen-bond acceptors (Lipinski definition) is 2. The second kappa shape index (κ2) is 7.51. The average molecular weight is 283 g/mol. The Hall–Kier alpha value is -1.06. The average Bonchev–Trinajstić information content (AvgIpc) is 2.83. The Bertz CT molecular complexity index is 416. The number of nitrogens with one attached hydrogen (secondary N) is 1. The van der Waals surface area contributed by atoms with Crippen LogP contribution in [0.5, 0.6) is 0 Å². The molecule has 0 saturated carbocycles. The molecule has 0 bridgehead atoms. The molecule has 1 heterocycles. The minimum absolute atomic E-state index is 0. The van der Waals surface area contributed by atoms with E-state index in [0.29, 0.717) is 12.3 Å². The molecule has 1 aliphatic heterocycles. The lowest BCUT2D eigenvalue weighted by Crippen LogP contribution is -2.32. The van der Waals surface area contributed by atoms with Gasteiger partial charge in [0.25, 0.3) is 0 Å². The molecule has 19 heavy (non-hydrogen) atoms. The molecule has 2 rings (SSSR count). The van der Waals surface area contributed by atoms with Crippen LogP contribution in [0.15, 0.2) is 24.3 Å². The van der Waals surface area contributed by atoms with Crippen molar-refractivity contribution in [1.82, 2.24) is 5.32 Å². The van der Waals surface area contributed by atoms with Gasteiger partial charge in [0.15, 0.2) is 0 Å². The van der Waals surface area contributed by atoms with Crippen molar-refractivity contribution in [3.05, 3.63) is 29.8 Å². The fraction of sp³-hybridized carbons (Fsp3) is 0.533. The van der Waals surface area contributed by atoms with E-state index >= 15 is 0 Å². The maximum Gasteiger partial charge on any atom is 0.227 e. The molecule has 0 spiro atoms. The number of carbonyl (C=O) groups is 1. The third-order valence-electron chi connectivity index (χ3n) is 3.56. The smallest absolute Gasteiger partial charge is 0.227 e. The van der Waals surface area contributed by atoms with Gasteiger partial charge in [0.1, 0.15) is 0 Å². The zero-order chi connectivity index (χ0) is 13.0. The third kappa shape index (κ3) is 4.22. The van der Waals surface area contributed by atoms with Crippen molar-refractivity contribution in [3.63, 3.8) is 0 Å². The monoisotopic (exact) mass is 282 g/mol. The molecule has 1 atom stereocenters. The lowest BCUT2D eigenvalue weighted by molar-refractivity contribution is -0.119. The van der Waals surface area contributed by atoms with Crippen LogP contribution in [0, 0.1) is 12.8 Å². The third-order valence-corrected chi connectivity index (χ3v) is 3.56. The first-order valence-electron chi connectivity index (χ1n) is 6.78. The van der Waals surface area contributed by atoms with Crippen LogP contribution in [0.2, 0.25) is 0 Å². The summed E-state index contributed by atoms with van der Waals surface area (Å²) in [7, 11) is 0. The van der Waals surface area contributed by atoms with E-state index < -0.39 is 0 Å². The SMILES string of the molecule is CCN(C(=O)CC1CCNC1)c1cccc(C)c1.Cl. The first-order chi connectivity index (χ1) is 8.70. The maximum absolute atomic E-state index is 12.3. The van der Waals surface area contributed by atoms with E-state index in [9.17, 15) is 4.79 Å². The number of amides is 1. The molecular formula is C15H23ClN2O. The van der Waals surface area contributed by atoms with Crippen LogP contribution in [-0.4, -0.2) is 25.5 Å². The first-order valence-corrected chi connectivity index (χ1v) is 6.78. The van der Waals surface area contributed by atoms with Crippen LogP contribution in [0.4, 0.5) is 5.69 Å². The van der Waals surface area contributed by atoms with Gasteiger partial charge in [0, 0.05) is 18.7 Å². The molecule has 106 valence electrons. The van der Waals surface area contributed by atoms with Crippen molar-refractivity contribution in [2.24, 2.45) is 5.92 Å². The van der Waals surface area contributed by atoms with E-state index in [-0.39, 0.29) is 18.3 Å². The molecule has 1 fully saturated rings. The van der Waals surface area contributed by atoms with Gasteiger partial charge < -0.3 is 10.2 Å². The van der Waals surface area contributed by atoms with Gasteiger partial charge in [-0.15, -0.1) is 12.4 Å². The van der Waals surface area contributed by atoms with Gasteiger partial charge in [-0.1, -0.05) is 12.1 Å². The number of benzene rings is 1. The number of nitrogens with zero attached hydrogens (tertiary/aromatic N) is 1. The largest absolute Gasteiger partial charge is 0.316 e. The standard InChI is InChI=1S/C15H22N2O.ClH/c1-3-17(14-6-4-5-12(2)9-14)15(18)10-13-7-8-16-11-13;/h4-6,9,13,16H,3,7-8,10-11H2,1-2H3;1H. The second-order valence-corrected chi connectivity index (χ2v) is 5.04. The number of hydrogen-bond donors (Lipinski definition) is 1. The molecule has 1 N–H and O–H groups in total. The second-order valence-electron chi connectivity index (χ2n) is 5.04. The van der Waals surface area contributed by atoms with E-state index in [1.807, 2.05) is 24.0 Å². The Morgan fingerprint density at radius 3 is 2.84 bits per heavy atom. The normalized spacial score (nSPS) is 17.9. The summed E-state index contributed by atoms with van der Waals surface area (Å²) >= 11 is 0. The Morgan fingerprint density at radius 1 is 1.47 bits per heavy atom. The molecule has 1 amide bonds. The Kier molecular flexibility index (Phi) is 6.32. The Labute approximate surface area is 121 Å². The topological polar surface area (TPSA) is 32.3 Å². The maximum atomic E-state index is 12.3. The van der Waals surface area contributed by atoms with Gasteiger partial charge in [0.05, 0.1) is 0 Å². The lowest BCUT2D eigenvalue weighted by Gasteiger charge is -2.23. The van der Waals surface area contributed by atoms with Gasteiger partial charge in [-0.3, -0.25) is 4.79 Å². The van der Waals surface area contributed by atoms with Crippen LogP contribution < -0.4 is 10.2 Å². The van der Waals surface area contributed by atoms with Crippen LogP contribution in [0.1, 0.15) is 25.3 Å². The molecule has 1 aromatic carbocycles. The summed E-state index contributed by atoms with van der Waals surface area (Å²) in [6, 6.07) is 8.16. The highest BCUT2D eigenvalue weighted by molar-refractivity contribution is 5.93. The van der Waals surface area contributed by atoms with Crippen LogP contribution in [0.25, 0.3) is 0 Å². The molecule has 0 aliphatic carbocycles. The molecule has 1 aliphatic rings. The van der Waals surface area contributed by atoms with E-state index in [1.165, 1.54) is 5.56 Å². The number of carbonyl (C=O) groups excluding carboxylic acids is 1. The van der Waals surface area contributed by atoms with E-state index in [2.05, 4.69) is 24.4 Å². The van der Waals surface area contributed by atoms with Gasteiger partial charge in [-0.2, -0.15) is 0 Å². The van der Waals surface area contributed by atoms with E-state index in [1.54, 1.807) is 0 Å². The minimum atomic E-state index is 0. The number of rotatable bonds is 4. The van der Waals surface area contributed by atoms with Gasteiger partial charge in [-0.05, 0) is 57.0 Å². The highest BCUT2D eigenvalue weighted by Crippen LogP contribution is 2.20. The molecule has 1 unspecified atom stereocenters. The van der Waals surface area contributed by atoms with Crippen molar-refractivity contribution in [1.29, 1.82) is 0 Å². The lowest BCUT2D eigenvalue weighted by atomic mass is 10.0. The molecule has 1 saturated heterocycles. The molecular weight excluding hydrogens is 260 g/mol. The summed E-state index contributed by atoms with van der Waals surface area (Å²) in [4.78, 5) is 14.2. The van der Waals surface area contributed by atoms with Crippen LogP contribution in [0.3, 0.4) is 0 Å². The molecule has 0 radical (unpaired) electrons. The quantitative estimate of drug-likeness (QED) is 0.921. The number of aryl methyl sites for hydroxylation is 1. The molecule has 4 heteroatoms. The van der Waals surface area contributed by atoms with Gasteiger partial charge in [-0.25, -0.2) is 0 Å². The highest BCUT2D eigenvalue weighted by Gasteiger charge is 2.21. The van der Waals surface area contributed by atoms with Gasteiger partial charge in [0.2, 0.25) is 5.91 Å². The Morgan fingerprint density at radius 2 is 2.26 bits per heavy atom. The predicted molar refractivity (Wildman–Crippen MR) is 82.0 cm³/mol. The molecule has 3 nitrogen and oxygen atoms in total. The van der Waals surface area contributed by atoms with E-state index in [0.717, 1.165) is 31.7 Å². The number of anilines is 1. The van der Waals surface area contributed by atoms with E-state index in [4.69, 9.17) is 0 Å². The minimum Gasteiger partial charge on any atom is -0.316 e. The summed E-state index contributed by atoms with van der Waals surface area (Å²) in [5.74, 6) is 0.758. The van der Waals surface area contributed by atoms with Crippen LogP contribution >= 0.6 is 12.4 Å². The van der Waals surface area contributed by atoms with Crippen molar-refractivity contribution in [2.75, 3.05) is 24.5 Å². The fourth-order valence-corrected chi connectivity index (χ4v) is 2.54. The summed E-state index contributed by atoms with van der Waals surface area (Å²) in [5, 5.41) is 3.31. The zero-order valence-corrected chi connectivity index (χ0v) is 12.5. The predicted octanol–water partition coefficient (Wildman–Crippen LogP) is 2.77. The summed E-state index contributed by atoms with van der Waals surface area (Å²) in [5.41, 5.74) is 2.22. The number of halogens is 1. The van der Waals surface area contributed by atoms with Crippen molar-refractivity contribution in [2.45, 2.75) is 26.7 Å². The van der Waals surface area contributed by atoms with Crippen LogP contribution in [-0.2, 0) is 4.79 Å². The molecule has 1 aromatic rings. The van der Waals surface area contributed by atoms with Gasteiger partial charge >= 0.3 is 0 Å². The Balaban J connectivity index is 0.00000180. The highest BCUT2D eigenvalue weighted by atomic mass is 35.5. The van der Waals surface area contributed by atoms with Crippen molar-refractivity contribution >= 4 is 24.0 Å².